The van der Waals surface area contributed by atoms with Crippen LogP contribution >= 0.6 is 0 Å². The molecule has 6 rings (SSSR count). The maximum absolute atomic E-state index is 13.0. The molecule has 7 atom stereocenters. The number of piperidine rings is 1. The molecule has 3 aliphatic heterocycles. The summed E-state index contributed by atoms with van der Waals surface area (Å²) in [7, 11) is 0. The highest BCUT2D eigenvalue weighted by Crippen LogP contribution is 2.62. The van der Waals surface area contributed by atoms with Gasteiger partial charge in [-0.15, -0.1) is 0 Å². The Morgan fingerprint density at radius 2 is 2.00 bits per heavy atom. The number of rotatable bonds is 4. The van der Waals surface area contributed by atoms with E-state index in [1.807, 2.05) is 0 Å². The Morgan fingerprint density at radius 3 is 2.81 bits per heavy atom. The van der Waals surface area contributed by atoms with Gasteiger partial charge in [0.1, 0.15) is 6.10 Å². The Hall–Kier alpha value is -1.39. The Morgan fingerprint density at radius 1 is 1.16 bits per heavy atom. The molecular formula is C27H37NO3. The number of carbonyl (C=O) groups excluding carboxylic acids is 1. The lowest BCUT2D eigenvalue weighted by atomic mass is 9.53. The lowest BCUT2D eigenvalue weighted by molar-refractivity contribution is -0.147. The van der Waals surface area contributed by atoms with E-state index in [9.17, 15) is 4.79 Å². The molecular weight excluding hydrogens is 386 g/mol. The van der Waals surface area contributed by atoms with Crippen LogP contribution in [0.5, 0.6) is 0 Å². The molecule has 1 aromatic rings. The van der Waals surface area contributed by atoms with Crippen molar-refractivity contribution in [3.63, 3.8) is 0 Å². The number of likely N-dealkylation sites (tertiary alicyclic amines) is 1. The summed E-state index contributed by atoms with van der Waals surface area (Å²) in [6.45, 7) is 6.52. The third kappa shape index (κ3) is 3.64. The lowest BCUT2D eigenvalue weighted by Gasteiger charge is -2.51. The highest BCUT2D eigenvalue weighted by atomic mass is 16.6. The van der Waals surface area contributed by atoms with E-state index in [4.69, 9.17) is 9.47 Å². The molecule has 3 heterocycles. The number of fused-ring (bicyclic) bond motifs is 3. The van der Waals surface area contributed by atoms with Gasteiger partial charge in [0.15, 0.2) is 0 Å². The van der Waals surface area contributed by atoms with Crippen molar-refractivity contribution in [2.45, 2.75) is 70.0 Å². The van der Waals surface area contributed by atoms with Gasteiger partial charge in [-0.3, -0.25) is 4.79 Å². The van der Waals surface area contributed by atoms with E-state index >= 15 is 0 Å². The van der Waals surface area contributed by atoms with E-state index in [1.54, 1.807) is 0 Å². The molecule has 31 heavy (non-hydrogen) atoms. The summed E-state index contributed by atoms with van der Waals surface area (Å²) in [6, 6.07) is 10.9. The predicted octanol–water partition coefficient (Wildman–Crippen LogP) is 4.47. The second kappa shape index (κ2) is 7.59. The molecule has 1 aromatic carbocycles. The van der Waals surface area contributed by atoms with Crippen molar-refractivity contribution in [3.8, 4) is 0 Å². The van der Waals surface area contributed by atoms with Crippen LogP contribution in [-0.4, -0.2) is 48.8 Å². The van der Waals surface area contributed by atoms with Crippen LogP contribution < -0.4 is 0 Å². The average molecular weight is 424 g/mol. The van der Waals surface area contributed by atoms with Crippen molar-refractivity contribution in [2.24, 2.45) is 29.1 Å². The minimum absolute atomic E-state index is 0.0581. The molecule has 0 radical (unpaired) electrons. The molecule has 168 valence electrons. The van der Waals surface area contributed by atoms with Crippen molar-refractivity contribution in [3.05, 3.63) is 35.9 Å². The standard InChI is InChI=1S/C27H37NO3/c1-26-10-6-11-27(18-30-27)24(26)14-21-22(25(29)31-23(21)15-26)17-28-12-5-9-20(16-28)13-19-7-3-2-4-8-19/h2-4,7-8,20-24H,5-6,9-18H2,1H3. The molecule has 5 fully saturated rings. The maximum Gasteiger partial charge on any atom is 0.310 e. The highest BCUT2D eigenvalue weighted by Gasteiger charge is 2.65. The fourth-order valence-electron chi connectivity index (χ4n) is 7.87. The molecule has 4 heteroatoms. The Labute approximate surface area is 186 Å². The van der Waals surface area contributed by atoms with Crippen molar-refractivity contribution in [1.29, 1.82) is 0 Å². The molecule has 1 spiro atoms. The monoisotopic (exact) mass is 423 g/mol. The van der Waals surface area contributed by atoms with Gasteiger partial charge in [0.2, 0.25) is 0 Å². The van der Waals surface area contributed by atoms with Crippen molar-refractivity contribution >= 4 is 5.97 Å². The van der Waals surface area contributed by atoms with Gasteiger partial charge < -0.3 is 14.4 Å². The minimum Gasteiger partial charge on any atom is -0.462 e. The first kappa shape index (κ1) is 20.2. The molecule has 2 aliphatic carbocycles. The van der Waals surface area contributed by atoms with Crippen molar-refractivity contribution < 1.29 is 14.3 Å². The maximum atomic E-state index is 13.0. The number of epoxide rings is 1. The molecule has 5 aliphatic rings. The van der Waals surface area contributed by atoms with Crippen LogP contribution in [0.2, 0.25) is 0 Å². The first-order valence-corrected chi connectivity index (χ1v) is 12.7. The summed E-state index contributed by atoms with van der Waals surface area (Å²) in [5, 5.41) is 0. The number of nitrogens with zero attached hydrogens (tertiary/aromatic N) is 1. The Bertz CT molecular complexity index is 821. The predicted molar refractivity (Wildman–Crippen MR) is 120 cm³/mol. The second-order valence-electron chi connectivity index (χ2n) is 11.6. The van der Waals surface area contributed by atoms with Crippen LogP contribution in [0.4, 0.5) is 0 Å². The van der Waals surface area contributed by atoms with Gasteiger partial charge in [0.25, 0.3) is 0 Å². The number of benzene rings is 1. The lowest BCUT2D eigenvalue weighted by Crippen LogP contribution is -2.51. The summed E-state index contributed by atoms with van der Waals surface area (Å²) in [5.74, 6) is 1.83. The third-order valence-electron chi connectivity index (χ3n) is 9.50. The summed E-state index contributed by atoms with van der Waals surface area (Å²) in [5.41, 5.74) is 1.87. The SMILES string of the molecule is CC12CCCC3(CO3)C1CC1C(C2)OC(=O)C1CN1CCCC(Cc2ccccc2)C1. The zero-order valence-corrected chi connectivity index (χ0v) is 18.9. The zero-order valence-electron chi connectivity index (χ0n) is 18.9. The highest BCUT2D eigenvalue weighted by molar-refractivity contribution is 5.75. The molecule has 0 amide bonds. The topological polar surface area (TPSA) is 42.1 Å². The fraction of sp³-hybridized carbons (Fsp3) is 0.741. The number of ether oxygens (including phenoxy) is 2. The van der Waals surface area contributed by atoms with Crippen molar-refractivity contribution in [1.82, 2.24) is 4.90 Å². The molecule has 2 saturated carbocycles. The largest absolute Gasteiger partial charge is 0.462 e. The fourth-order valence-corrected chi connectivity index (χ4v) is 7.87. The van der Waals surface area contributed by atoms with E-state index < -0.39 is 0 Å². The third-order valence-corrected chi connectivity index (χ3v) is 9.50. The molecule has 7 unspecified atom stereocenters. The van der Waals surface area contributed by atoms with Crippen LogP contribution in [0.1, 0.15) is 57.4 Å². The quantitative estimate of drug-likeness (QED) is 0.529. The summed E-state index contributed by atoms with van der Waals surface area (Å²) < 4.78 is 12.1. The number of carbonyl (C=O) groups is 1. The first-order chi connectivity index (χ1) is 15.0. The van der Waals surface area contributed by atoms with E-state index in [2.05, 4.69) is 42.2 Å². The average Bonchev–Trinajstić information content (AvgIpc) is 3.46. The molecule has 4 nitrogen and oxygen atoms in total. The summed E-state index contributed by atoms with van der Waals surface area (Å²) in [6.07, 6.45) is 9.75. The van der Waals surface area contributed by atoms with E-state index in [1.165, 1.54) is 37.7 Å². The molecule has 0 bridgehead atoms. The molecule has 0 aromatic heterocycles. The van der Waals surface area contributed by atoms with Gasteiger partial charge in [0, 0.05) is 19.0 Å². The van der Waals surface area contributed by atoms with E-state index in [0.717, 1.165) is 45.5 Å². The van der Waals surface area contributed by atoms with Gasteiger partial charge in [-0.05, 0) is 80.7 Å². The smallest absolute Gasteiger partial charge is 0.310 e. The van der Waals surface area contributed by atoms with E-state index in [-0.39, 0.29) is 29.0 Å². The van der Waals surface area contributed by atoms with Gasteiger partial charge >= 0.3 is 5.97 Å². The van der Waals surface area contributed by atoms with Crippen molar-refractivity contribution in [2.75, 3.05) is 26.2 Å². The first-order valence-electron chi connectivity index (χ1n) is 12.7. The minimum atomic E-state index is 0.0581. The number of hydrogen-bond acceptors (Lipinski definition) is 4. The van der Waals surface area contributed by atoms with Crippen LogP contribution in [0.3, 0.4) is 0 Å². The van der Waals surface area contributed by atoms with Gasteiger partial charge in [-0.2, -0.15) is 0 Å². The summed E-state index contributed by atoms with van der Waals surface area (Å²) >= 11 is 0. The number of esters is 1. The van der Waals surface area contributed by atoms with Crippen LogP contribution in [0.15, 0.2) is 30.3 Å². The van der Waals surface area contributed by atoms with Gasteiger partial charge in [-0.1, -0.05) is 37.3 Å². The summed E-state index contributed by atoms with van der Waals surface area (Å²) in [4.78, 5) is 15.6. The number of hydrogen-bond donors (Lipinski definition) is 0. The van der Waals surface area contributed by atoms with E-state index in [0.29, 0.717) is 17.8 Å². The van der Waals surface area contributed by atoms with Crippen LogP contribution in [0.25, 0.3) is 0 Å². The normalized spacial score (nSPS) is 44.5. The van der Waals surface area contributed by atoms with Gasteiger partial charge in [-0.25, -0.2) is 0 Å². The Kier molecular flexibility index (Phi) is 4.95. The second-order valence-corrected chi connectivity index (χ2v) is 11.6. The zero-order chi connectivity index (χ0) is 21.1. The van der Waals surface area contributed by atoms with Gasteiger partial charge in [0.05, 0.1) is 18.1 Å². The van der Waals surface area contributed by atoms with Crippen LogP contribution in [0, 0.1) is 29.1 Å². The Balaban J connectivity index is 1.13. The molecule has 3 saturated heterocycles. The van der Waals surface area contributed by atoms with Crippen LogP contribution in [-0.2, 0) is 20.7 Å². The molecule has 0 N–H and O–H groups in total.